The third kappa shape index (κ3) is 2.76. The van der Waals surface area contributed by atoms with Crippen molar-refractivity contribution in [2.24, 2.45) is 7.05 Å². The third-order valence-corrected chi connectivity index (χ3v) is 2.54. The van der Waals surface area contributed by atoms with E-state index in [1.807, 2.05) is 0 Å². The Morgan fingerprint density at radius 3 is 2.68 bits per heavy atom. The van der Waals surface area contributed by atoms with Crippen LogP contribution in [0.2, 0.25) is 0 Å². The molecule has 0 aliphatic carbocycles. The molecule has 0 aliphatic rings. The SMILES string of the molecule is Cc1cc([N+](=O)[O-])ccc1Oc1cnn(C)c(=O)c1. The largest absolute Gasteiger partial charge is 0.455 e. The monoisotopic (exact) mass is 261 g/mol. The molecule has 0 amide bonds. The van der Waals surface area contributed by atoms with Gasteiger partial charge in [-0.15, -0.1) is 0 Å². The average Bonchev–Trinajstić information content (AvgIpc) is 2.36. The molecule has 0 bridgehead atoms. The number of nitro benzene ring substituents is 1. The predicted octanol–water partition coefficient (Wildman–Crippen LogP) is 1.79. The van der Waals surface area contributed by atoms with Crippen molar-refractivity contribution in [2.75, 3.05) is 0 Å². The molecule has 1 aromatic carbocycles. The summed E-state index contributed by atoms with van der Waals surface area (Å²) in [4.78, 5) is 21.5. The highest BCUT2D eigenvalue weighted by Gasteiger charge is 2.10. The molecule has 1 heterocycles. The fourth-order valence-corrected chi connectivity index (χ4v) is 1.50. The minimum absolute atomic E-state index is 0.00745. The number of non-ortho nitro benzene ring substituents is 1. The number of nitro groups is 1. The van der Waals surface area contributed by atoms with Gasteiger partial charge in [-0.3, -0.25) is 14.9 Å². The minimum atomic E-state index is -0.476. The molecule has 2 rings (SSSR count). The van der Waals surface area contributed by atoms with Crippen LogP contribution in [0.15, 0.2) is 35.3 Å². The number of nitrogens with zero attached hydrogens (tertiary/aromatic N) is 3. The van der Waals surface area contributed by atoms with E-state index in [0.717, 1.165) is 0 Å². The lowest BCUT2D eigenvalue weighted by Crippen LogP contribution is -2.17. The molecule has 98 valence electrons. The van der Waals surface area contributed by atoms with E-state index in [4.69, 9.17) is 4.74 Å². The van der Waals surface area contributed by atoms with E-state index < -0.39 is 4.92 Å². The smallest absolute Gasteiger partial charge is 0.270 e. The van der Waals surface area contributed by atoms with Gasteiger partial charge in [-0.1, -0.05) is 0 Å². The molecule has 7 heteroatoms. The molecule has 0 N–H and O–H groups in total. The summed E-state index contributed by atoms with van der Waals surface area (Å²) in [6.45, 7) is 1.69. The molecule has 0 spiro atoms. The van der Waals surface area contributed by atoms with Crippen molar-refractivity contribution in [2.45, 2.75) is 6.92 Å². The second-order valence-corrected chi connectivity index (χ2v) is 3.96. The molecule has 0 atom stereocenters. The summed E-state index contributed by atoms with van der Waals surface area (Å²) < 4.78 is 6.66. The second-order valence-electron chi connectivity index (χ2n) is 3.96. The van der Waals surface area contributed by atoms with Crippen LogP contribution in [0.3, 0.4) is 0 Å². The summed E-state index contributed by atoms with van der Waals surface area (Å²) in [5, 5.41) is 14.4. The Hall–Kier alpha value is -2.70. The molecule has 0 fully saturated rings. The number of benzene rings is 1. The van der Waals surface area contributed by atoms with Crippen LogP contribution in [0, 0.1) is 17.0 Å². The van der Waals surface area contributed by atoms with Gasteiger partial charge >= 0.3 is 0 Å². The van der Waals surface area contributed by atoms with Gasteiger partial charge in [0.05, 0.1) is 11.1 Å². The van der Waals surface area contributed by atoms with Crippen LogP contribution in [0.5, 0.6) is 11.5 Å². The Morgan fingerprint density at radius 2 is 2.11 bits per heavy atom. The van der Waals surface area contributed by atoms with Gasteiger partial charge in [0.15, 0.2) is 5.75 Å². The average molecular weight is 261 g/mol. The molecule has 7 nitrogen and oxygen atoms in total. The maximum Gasteiger partial charge on any atom is 0.270 e. The number of aryl methyl sites for hydroxylation is 2. The highest BCUT2D eigenvalue weighted by atomic mass is 16.6. The highest BCUT2D eigenvalue weighted by Crippen LogP contribution is 2.26. The first-order valence-corrected chi connectivity index (χ1v) is 5.43. The number of rotatable bonds is 3. The van der Waals surface area contributed by atoms with Crippen LogP contribution >= 0.6 is 0 Å². The Bertz CT molecular complexity index is 694. The first-order chi connectivity index (χ1) is 8.97. The van der Waals surface area contributed by atoms with Crippen LogP contribution < -0.4 is 10.3 Å². The van der Waals surface area contributed by atoms with Crippen LogP contribution in [-0.2, 0) is 7.05 Å². The van der Waals surface area contributed by atoms with E-state index in [2.05, 4.69) is 5.10 Å². The Labute approximate surface area is 108 Å². The van der Waals surface area contributed by atoms with E-state index in [1.165, 1.54) is 42.2 Å². The fraction of sp³-hybridized carbons (Fsp3) is 0.167. The summed E-state index contributed by atoms with van der Waals surface area (Å²) in [6, 6.07) is 5.54. The van der Waals surface area contributed by atoms with Crippen molar-refractivity contribution in [3.63, 3.8) is 0 Å². The molecule has 2 aromatic rings. The van der Waals surface area contributed by atoms with Gasteiger partial charge in [0.25, 0.3) is 11.2 Å². The van der Waals surface area contributed by atoms with Gasteiger partial charge in [0, 0.05) is 25.2 Å². The summed E-state index contributed by atoms with van der Waals surface area (Å²) in [5.74, 6) is 0.737. The Morgan fingerprint density at radius 1 is 1.37 bits per heavy atom. The zero-order valence-corrected chi connectivity index (χ0v) is 10.4. The standard InChI is InChI=1S/C12H11N3O4/c1-8-5-9(15(17)18)3-4-11(8)19-10-6-12(16)14(2)13-7-10/h3-7H,1-2H3. The van der Waals surface area contributed by atoms with Crippen molar-refractivity contribution in [3.05, 3.63) is 56.5 Å². The molecule has 0 saturated carbocycles. The quantitative estimate of drug-likeness (QED) is 0.620. The summed E-state index contributed by atoms with van der Waals surface area (Å²) in [6.07, 6.45) is 1.41. The lowest BCUT2D eigenvalue weighted by atomic mass is 10.2. The predicted molar refractivity (Wildman–Crippen MR) is 67.4 cm³/mol. The van der Waals surface area contributed by atoms with E-state index >= 15 is 0 Å². The maximum atomic E-state index is 11.4. The van der Waals surface area contributed by atoms with Gasteiger partial charge in [0.1, 0.15) is 5.75 Å². The second kappa shape index (κ2) is 4.89. The topological polar surface area (TPSA) is 87.3 Å². The van der Waals surface area contributed by atoms with Gasteiger partial charge in [-0.05, 0) is 18.6 Å². The molecule has 0 saturated heterocycles. The summed E-state index contributed by atoms with van der Waals surface area (Å²) in [7, 11) is 1.53. The zero-order valence-electron chi connectivity index (χ0n) is 10.4. The third-order valence-electron chi connectivity index (χ3n) is 2.54. The van der Waals surface area contributed by atoms with E-state index in [1.54, 1.807) is 6.92 Å². The van der Waals surface area contributed by atoms with Gasteiger partial charge in [0.2, 0.25) is 0 Å². The molecule has 0 radical (unpaired) electrons. The number of aromatic nitrogens is 2. The number of ether oxygens (including phenoxy) is 1. The molecule has 1 aromatic heterocycles. The Balaban J connectivity index is 2.30. The lowest BCUT2D eigenvalue weighted by Gasteiger charge is -2.08. The zero-order chi connectivity index (χ0) is 14.0. The van der Waals surface area contributed by atoms with Crippen molar-refractivity contribution >= 4 is 5.69 Å². The van der Waals surface area contributed by atoms with Crippen molar-refractivity contribution in [1.29, 1.82) is 0 Å². The highest BCUT2D eigenvalue weighted by molar-refractivity contribution is 5.44. The summed E-state index contributed by atoms with van der Waals surface area (Å²) >= 11 is 0. The van der Waals surface area contributed by atoms with E-state index in [9.17, 15) is 14.9 Å². The lowest BCUT2D eigenvalue weighted by molar-refractivity contribution is -0.384. The Kier molecular flexibility index (Phi) is 3.28. The fourth-order valence-electron chi connectivity index (χ4n) is 1.50. The molecule has 19 heavy (non-hydrogen) atoms. The van der Waals surface area contributed by atoms with Crippen LogP contribution in [-0.4, -0.2) is 14.7 Å². The van der Waals surface area contributed by atoms with Gasteiger partial charge in [-0.25, -0.2) is 4.68 Å². The summed E-state index contributed by atoms with van der Waals surface area (Å²) in [5.41, 5.74) is 0.305. The van der Waals surface area contributed by atoms with Gasteiger partial charge in [-0.2, -0.15) is 5.10 Å². The molecule has 0 aliphatic heterocycles. The molecular weight excluding hydrogens is 250 g/mol. The van der Waals surface area contributed by atoms with Gasteiger partial charge < -0.3 is 4.74 Å². The van der Waals surface area contributed by atoms with Crippen LogP contribution in [0.4, 0.5) is 5.69 Å². The van der Waals surface area contributed by atoms with Crippen molar-refractivity contribution in [3.8, 4) is 11.5 Å². The molecular formula is C12H11N3O4. The first kappa shape index (κ1) is 12.7. The van der Waals surface area contributed by atoms with Crippen LogP contribution in [0.1, 0.15) is 5.56 Å². The normalized spacial score (nSPS) is 10.2. The van der Waals surface area contributed by atoms with E-state index in [-0.39, 0.29) is 11.2 Å². The van der Waals surface area contributed by atoms with Crippen LogP contribution in [0.25, 0.3) is 0 Å². The minimum Gasteiger partial charge on any atom is -0.455 e. The van der Waals surface area contributed by atoms with E-state index in [0.29, 0.717) is 17.1 Å². The van der Waals surface area contributed by atoms with Crippen molar-refractivity contribution < 1.29 is 9.66 Å². The number of hydrogen-bond donors (Lipinski definition) is 0. The maximum absolute atomic E-state index is 11.4. The number of hydrogen-bond acceptors (Lipinski definition) is 5. The molecule has 0 unspecified atom stereocenters. The first-order valence-electron chi connectivity index (χ1n) is 5.43. The van der Waals surface area contributed by atoms with Crippen molar-refractivity contribution in [1.82, 2.24) is 9.78 Å².